The summed E-state index contributed by atoms with van der Waals surface area (Å²) in [6.07, 6.45) is 3.78. The fourth-order valence-corrected chi connectivity index (χ4v) is 8.10. The third-order valence-corrected chi connectivity index (χ3v) is 9.72. The SMILES string of the molecule is [2H]C1CC2(CC(NC(=O)c3c(Br)sc(Br)c3Cc3ccc(-c4ccccc4)cc3)C2)C1C. The van der Waals surface area contributed by atoms with Gasteiger partial charge in [-0.25, -0.2) is 0 Å². The molecule has 0 aliphatic heterocycles. The summed E-state index contributed by atoms with van der Waals surface area (Å²) < 4.78 is 9.85. The molecule has 2 nitrogen and oxygen atoms in total. The molecule has 31 heavy (non-hydrogen) atoms. The van der Waals surface area contributed by atoms with Crippen LogP contribution in [0.4, 0.5) is 0 Å². The molecular formula is C26H25Br2NOS. The molecule has 2 unspecified atom stereocenters. The summed E-state index contributed by atoms with van der Waals surface area (Å²) in [7, 11) is 0. The zero-order chi connectivity index (χ0) is 22.5. The maximum Gasteiger partial charge on any atom is 0.253 e. The molecule has 1 spiro atoms. The molecule has 2 aliphatic rings. The van der Waals surface area contributed by atoms with Gasteiger partial charge in [-0.15, -0.1) is 11.3 Å². The zero-order valence-corrected chi connectivity index (χ0v) is 21.3. The molecule has 2 aromatic carbocycles. The predicted molar refractivity (Wildman–Crippen MR) is 136 cm³/mol. The van der Waals surface area contributed by atoms with Crippen LogP contribution in [0.5, 0.6) is 0 Å². The van der Waals surface area contributed by atoms with Crippen LogP contribution < -0.4 is 5.32 Å². The normalized spacial score (nSPS) is 27.3. The first kappa shape index (κ1) is 20.2. The van der Waals surface area contributed by atoms with Crippen molar-refractivity contribution >= 4 is 49.1 Å². The lowest BCUT2D eigenvalue weighted by molar-refractivity contribution is -0.0599. The Kier molecular flexibility index (Phi) is 5.53. The number of carbonyl (C=O) groups is 1. The highest BCUT2D eigenvalue weighted by molar-refractivity contribution is 9.12. The fraction of sp³-hybridized carbons (Fsp3) is 0.346. The summed E-state index contributed by atoms with van der Waals surface area (Å²) in [5, 5.41) is 3.26. The molecule has 2 aliphatic carbocycles. The van der Waals surface area contributed by atoms with Gasteiger partial charge in [-0.05, 0) is 91.1 Å². The van der Waals surface area contributed by atoms with E-state index in [4.69, 9.17) is 1.37 Å². The Bertz CT molecular complexity index is 1140. The number of amides is 1. The standard InChI is InChI=1S/C26H25Br2NOS/c1-16-11-12-26(16)14-20(15-26)29-25(30)22-21(23(27)31-24(22)28)13-17-7-9-19(10-8-17)18-5-3-2-4-6-18/h2-10,16,20H,11-15H2,1H3,(H,29,30)/i11D. The molecular weight excluding hydrogens is 534 g/mol. The van der Waals surface area contributed by atoms with Crippen molar-refractivity contribution in [2.24, 2.45) is 11.3 Å². The van der Waals surface area contributed by atoms with Crippen molar-refractivity contribution in [3.63, 3.8) is 0 Å². The maximum atomic E-state index is 13.2. The van der Waals surface area contributed by atoms with Crippen LogP contribution in [-0.2, 0) is 6.42 Å². The first-order valence-electron chi connectivity index (χ1n) is 11.3. The Morgan fingerprint density at radius 3 is 2.42 bits per heavy atom. The summed E-state index contributed by atoms with van der Waals surface area (Å²) in [6, 6.07) is 19.2. The van der Waals surface area contributed by atoms with Gasteiger partial charge in [0.1, 0.15) is 0 Å². The highest BCUT2D eigenvalue weighted by atomic mass is 79.9. The third-order valence-electron chi connectivity index (χ3n) is 7.07. The summed E-state index contributed by atoms with van der Waals surface area (Å²) in [6.45, 7) is 2.19. The summed E-state index contributed by atoms with van der Waals surface area (Å²) in [4.78, 5) is 13.2. The number of carbonyl (C=O) groups excluding carboxylic acids is 1. The highest BCUT2D eigenvalue weighted by Gasteiger charge is 2.53. The van der Waals surface area contributed by atoms with Crippen LogP contribution in [0.2, 0.25) is 0 Å². The highest BCUT2D eigenvalue weighted by Crippen LogP contribution is 2.59. The molecule has 1 heterocycles. The molecule has 1 aromatic heterocycles. The molecule has 0 bridgehead atoms. The van der Waals surface area contributed by atoms with Crippen molar-refractivity contribution in [3.05, 3.63) is 78.9 Å². The van der Waals surface area contributed by atoms with E-state index in [0.29, 0.717) is 17.8 Å². The molecule has 0 radical (unpaired) electrons. The van der Waals surface area contributed by atoms with Gasteiger partial charge in [0.2, 0.25) is 0 Å². The van der Waals surface area contributed by atoms with E-state index in [1.807, 2.05) is 6.07 Å². The third kappa shape index (κ3) is 4.05. The molecule has 2 saturated carbocycles. The first-order chi connectivity index (χ1) is 15.4. The van der Waals surface area contributed by atoms with E-state index in [2.05, 4.69) is 92.6 Å². The van der Waals surface area contributed by atoms with Crippen molar-refractivity contribution in [3.8, 4) is 11.1 Å². The minimum Gasteiger partial charge on any atom is -0.349 e. The fourth-order valence-electron chi connectivity index (χ4n) is 4.95. The molecule has 2 atom stereocenters. The number of thiophene rings is 1. The molecule has 5 rings (SSSR count). The van der Waals surface area contributed by atoms with Gasteiger partial charge in [-0.2, -0.15) is 0 Å². The second-order valence-corrected chi connectivity index (χ2v) is 12.6. The van der Waals surface area contributed by atoms with Crippen LogP contribution in [0.1, 0.15) is 55.4 Å². The molecule has 2 fully saturated rings. The Morgan fingerprint density at radius 1 is 1.10 bits per heavy atom. The van der Waals surface area contributed by atoms with E-state index in [-0.39, 0.29) is 18.3 Å². The lowest BCUT2D eigenvalue weighted by Crippen LogP contribution is -2.57. The predicted octanol–water partition coefficient (Wildman–Crippen LogP) is 7.84. The van der Waals surface area contributed by atoms with Gasteiger partial charge >= 0.3 is 0 Å². The Hall–Kier alpha value is -1.43. The van der Waals surface area contributed by atoms with Crippen molar-refractivity contribution in [1.29, 1.82) is 0 Å². The molecule has 0 saturated heterocycles. The van der Waals surface area contributed by atoms with Crippen LogP contribution in [0.25, 0.3) is 11.1 Å². The van der Waals surface area contributed by atoms with Crippen molar-refractivity contribution in [1.82, 2.24) is 5.32 Å². The largest absolute Gasteiger partial charge is 0.349 e. The van der Waals surface area contributed by atoms with Gasteiger partial charge in [0.15, 0.2) is 0 Å². The number of nitrogens with one attached hydrogen (secondary N) is 1. The van der Waals surface area contributed by atoms with Crippen molar-refractivity contribution < 1.29 is 6.17 Å². The topological polar surface area (TPSA) is 29.1 Å². The second-order valence-electron chi connectivity index (χ2n) is 8.91. The summed E-state index contributed by atoms with van der Waals surface area (Å²) >= 11 is 8.86. The van der Waals surface area contributed by atoms with Crippen LogP contribution in [0, 0.1) is 11.3 Å². The van der Waals surface area contributed by atoms with E-state index in [0.717, 1.165) is 38.0 Å². The Balaban J connectivity index is 1.29. The number of halogens is 2. The quantitative estimate of drug-likeness (QED) is 0.339. The Labute approximate surface area is 206 Å². The number of hydrogen-bond acceptors (Lipinski definition) is 2. The van der Waals surface area contributed by atoms with Crippen molar-refractivity contribution in [2.75, 3.05) is 0 Å². The van der Waals surface area contributed by atoms with E-state index >= 15 is 0 Å². The lowest BCUT2D eigenvalue weighted by atomic mass is 9.49. The van der Waals surface area contributed by atoms with Gasteiger partial charge in [0.05, 0.1) is 13.1 Å². The smallest absolute Gasteiger partial charge is 0.253 e. The van der Waals surface area contributed by atoms with E-state index in [9.17, 15) is 4.79 Å². The van der Waals surface area contributed by atoms with E-state index < -0.39 is 0 Å². The number of rotatable bonds is 5. The van der Waals surface area contributed by atoms with E-state index in [1.165, 1.54) is 16.7 Å². The monoisotopic (exact) mass is 558 g/mol. The second kappa shape index (κ2) is 8.49. The minimum absolute atomic E-state index is 0.00369. The average Bonchev–Trinajstić information content (AvgIpc) is 3.05. The lowest BCUT2D eigenvalue weighted by Gasteiger charge is -2.58. The van der Waals surface area contributed by atoms with E-state index in [1.54, 1.807) is 11.3 Å². The number of hydrogen-bond donors (Lipinski definition) is 1. The van der Waals surface area contributed by atoms with Crippen LogP contribution in [0.15, 0.2) is 62.2 Å². The number of benzene rings is 2. The summed E-state index contributed by atoms with van der Waals surface area (Å²) in [5.41, 5.74) is 5.66. The summed E-state index contributed by atoms with van der Waals surface area (Å²) in [5.74, 6) is 0.455. The van der Waals surface area contributed by atoms with Gasteiger partial charge in [0.25, 0.3) is 5.91 Å². The van der Waals surface area contributed by atoms with Gasteiger partial charge < -0.3 is 5.32 Å². The molecule has 1 N–H and O–H groups in total. The maximum absolute atomic E-state index is 13.2. The van der Waals surface area contributed by atoms with Crippen molar-refractivity contribution in [2.45, 2.75) is 45.0 Å². The van der Waals surface area contributed by atoms with Crippen LogP contribution in [0.3, 0.4) is 0 Å². The molecule has 5 heteroatoms. The first-order valence-corrected chi connectivity index (χ1v) is 13.1. The van der Waals surface area contributed by atoms with Gasteiger partial charge in [-0.3, -0.25) is 4.79 Å². The van der Waals surface area contributed by atoms with Crippen LogP contribution in [-0.4, -0.2) is 11.9 Å². The molecule has 3 aromatic rings. The molecule has 160 valence electrons. The minimum atomic E-state index is 0.00369. The van der Waals surface area contributed by atoms with Gasteiger partial charge in [-0.1, -0.05) is 61.5 Å². The Morgan fingerprint density at radius 2 is 1.77 bits per heavy atom. The molecule has 1 amide bonds. The average molecular weight is 560 g/mol. The zero-order valence-electron chi connectivity index (χ0n) is 18.3. The van der Waals surface area contributed by atoms with Gasteiger partial charge in [0, 0.05) is 13.8 Å². The van der Waals surface area contributed by atoms with Crippen LogP contribution >= 0.6 is 43.2 Å².